The van der Waals surface area contributed by atoms with Gasteiger partial charge in [-0.2, -0.15) is 0 Å². The lowest BCUT2D eigenvalue weighted by Gasteiger charge is -2.22. The summed E-state index contributed by atoms with van der Waals surface area (Å²) in [6.07, 6.45) is 2.42. The maximum Gasteiger partial charge on any atom is 0.321 e. The zero-order chi connectivity index (χ0) is 17.9. The summed E-state index contributed by atoms with van der Waals surface area (Å²) in [6, 6.07) is 17.8. The summed E-state index contributed by atoms with van der Waals surface area (Å²) in [7, 11) is 0. The van der Waals surface area contributed by atoms with Gasteiger partial charge in [0.15, 0.2) is 0 Å². The van der Waals surface area contributed by atoms with E-state index < -0.39 is 0 Å². The van der Waals surface area contributed by atoms with Gasteiger partial charge in [0, 0.05) is 32.0 Å². The number of nitrogens with one attached hydrogen (secondary N) is 1. The van der Waals surface area contributed by atoms with Crippen molar-refractivity contribution in [3.63, 3.8) is 0 Å². The molecule has 0 aromatic heterocycles. The molecular weight excluding hydrogens is 326 g/mol. The Balaban J connectivity index is 1.45. The molecule has 2 aromatic rings. The second-order valence-corrected chi connectivity index (χ2v) is 6.94. The molecule has 1 atom stereocenters. The SMILES string of the molecule is O=C(Nc1ccccc1N1CCCC1=O)N1CCC(c2ccccc2)C1. The molecule has 0 bridgehead atoms. The number of para-hydroxylation sites is 2. The molecular formula is C21H23N3O2. The Morgan fingerprint density at radius 3 is 2.54 bits per heavy atom. The highest BCUT2D eigenvalue weighted by molar-refractivity contribution is 6.01. The molecule has 2 aliphatic rings. The second-order valence-electron chi connectivity index (χ2n) is 6.94. The zero-order valence-electron chi connectivity index (χ0n) is 14.7. The van der Waals surface area contributed by atoms with Crippen molar-refractivity contribution in [2.24, 2.45) is 0 Å². The zero-order valence-corrected chi connectivity index (χ0v) is 14.7. The number of nitrogens with zero attached hydrogens (tertiary/aromatic N) is 2. The first-order valence-corrected chi connectivity index (χ1v) is 9.22. The number of carbonyl (C=O) groups is 2. The van der Waals surface area contributed by atoms with Crippen LogP contribution in [0.5, 0.6) is 0 Å². The largest absolute Gasteiger partial charge is 0.324 e. The van der Waals surface area contributed by atoms with E-state index >= 15 is 0 Å². The van der Waals surface area contributed by atoms with Gasteiger partial charge in [0.2, 0.25) is 5.91 Å². The summed E-state index contributed by atoms with van der Waals surface area (Å²) in [5.74, 6) is 0.509. The molecule has 0 aliphatic carbocycles. The highest BCUT2D eigenvalue weighted by atomic mass is 16.2. The monoisotopic (exact) mass is 349 g/mol. The van der Waals surface area contributed by atoms with Crippen LogP contribution >= 0.6 is 0 Å². The highest BCUT2D eigenvalue weighted by Gasteiger charge is 2.29. The Morgan fingerprint density at radius 1 is 1.00 bits per heavy atom. The number of rotatable bonds is 3. The van der Waals surface area contributed by atoms with Crippen LogP contribution in [0.15, 0.2) is 54.6 Å². The van der Waals surface area contributed by atoms with Crippen LogP contribution in [-0.2, 0) is 4.79 Å². The van der Waals surface area contributed by atoms with Crippen LogP contribution in [0.4, 0.5) is 16.2 Å². The summed E-state index contributed by atoms with van der Waals surface area (Å²) >= 11 is 0. The minimum absolute atomic E-state index is 0.0949. The fraction of sp³-hybridized carbons (Fsp3) is 0.333. The Labute approximate surface area is 153 Å². The van der Waals surface area contributed by atoms with Gasteiger partial charge in [-0.1, -0.05) is 42.5 Å². The van der Waals surface area contributed by atoms with Gasteiger partial charge < -0.3 is 15.1 Å². The van der Waals surface area contributed by atoms with Crippen molar-refractivity contribution >= 4 is 23.3 Å². The van der Waals surface area contributed by atoms with E-state index in [0.29, 0.717) is 24.6 Å². The number of likely N-dealkylation sites (tertiary alicyclic amines) is 1. The van der Waals surface area contributed by atoms with Crippen molar-refractivity contribution in [3.05, 3.63) is 60.2 Å². The predicted molar refractivity (Wildman–Crippen MR) is 102 cm³/mol. The summed E-state index contributed by atoms with van der Waals surface area (Å²) < 4.78 is 0. The van der Waals surface area contributed by atoms with E-state index in [4.69, 9.17) is 0 Å². The van der Waals surface area contributed by atoms with Gasteiger partial charge >= 0.3 is 6.03 Å². The van der Waals surface area contributed by atoms with E-state index in [0.717, 1.165) is 31.6 Å². The molecule has 1 unspecified atom stereocenters. The molecule has 4 rings (SSSR count). The molecule has 0 radical (unpaired) electrons. The Kier molecular flexibility index (Phi) is 4.61. The molecule has 2 aliphatic heterocycles. The maximum absolute atomic E-state index is 12.8. The van der Waals surface area contributed by atoms with Crippen LogP contribution in [0.2, 0.25) is 0 Å². The van der Waals surface area contributed by atoms with E-state index in [1.54, 1.807) is 4.90 Å². The standard InChI is InChI=1S/C21H23N3O2/c25-20-11-6-13-24(20)19-10-5-4-9-18(19)22-21(26)23-14-12-17(15-23)16-7-2-1-3-8-16/h1-5,7-10,17H,6,11-15H2,(H,22,26). The maximum atomic E-state index is 12.8. The molecule has 134 valence electrons. The first-order chi connectivity index (χ1) is 12.7. The third kappa shape index (κ3) is 3.29. The van der Waals surface area contributed by atoms with Crippen LogP contribution in [-0.4, -0.2) is 36.5 Å². The van der Waals surface area contributed by atoms with E-state index in [1.165, 1.54) is 5.56 Å². The fourth-order valence-corrected chi connectivity index (χ4v) is 3.85. The van der Waals surface area contributed by atoms with Gasteiger partial charge in [-0.05, 0) is 30.5 Å². The van der Waals surface area contributed by atoms with Crippen molar-refractivity contribution < 1.29 is 9.59 Å². The van der Waals surface area contributed by atoms with E-state index in [9.17, 15) is 9.59 Å². The smallest absolute Gasteiger partial charge is 0.321 e. The van der Waals surface area contributed by atoms with Crippen molar-refractivity contribution in [1.82, 2.24) is 4.90 Å². The molecule has 3 amide bonds. The summed E-state index contributed by atoms with van der Waals surface area (Å²) in [6.45, 7) is 2.18. The minimum atomic E-state index is -0.0949. The molecule has 0 saturated carbocycles. The summed E-state index contributed by atoms with van der Waals surface area (Å²) in [5, 5.41) is 3.02. The third-order valence-electron chi connectivity index (χ3n) is 5.26. The number of hydrogen-bond acceptors (Lipinski definition) is 2. The predicted octanol–water partition coefficient (Wildman–Crippen LogP) is 3.83. The molecule has 2 saturated heterocycles. The number of anilines is 2. The first-order valence-electron chi connectivity index (χ1n) is 9.22. The number of hydrogen-bond donors (Lipinski definition) is 1. The van der Waals surface area contributed by atoms with Gasteiger partial charge in [0.1, 0.15) is 0 Å². The van der Waals surface area contributed by atoms with Gasteiger partial charge in [-0.15, -0.1) is 0 Å². The van der Waals surface area contributed by atoms with Crippen molar-refractivity contribution in [2.45, 2.75) is 25.2 Å². The van der Waals surface area contributed by atoms with Gasteiger partial charge in [-0.25, -0.2) is 4.79 Å². The minimum Gasteiger partial charge on any atom is -0.324 e. The summed E-state index contributed by atoms with van der Waals surface area (Å²) in [5.41, 5.74) is 2.78. The van der Waals surface area contributed by atoms with Crippen molar-refractivity contribution in [1.29, 1.82) is 0 Å². The first kappa shape index (κ1) is 16.6. The van der Waals surface area contributed by atoms with Crippen LogP contribution in [0, 0.1) is 0 Å². The molecule has 26 heavy (non-hydrogen) atoms. The van der Waals surface area contributed by atoms with E-state index in [2.05, 4.69) is 17.4 Å². The van der Waals surface area contributed by atoms with Crippen LogP contribution in [0.25, 0.3) is 0 Å². The molecule has 1 N–H and O–H groups in total. The number of carbonyl (C=O) groups excluding carboxylic acids is 2. The topological polar surface area (TPSA) is 52.7 Å². The van der Waals surface area contributed by atoms with E-state index in [1.807, 2.05) is 47.4 Å². The lowest BCUT2D eigenvalue weighted by atomic mass is 9.99. The Hall–Kier alpha value is -2.82. The normalized spacial score (nSPS) is 19.8. The Bertz CT molecular complexity index is 806. The number of amides is 3. The molecule has 2 heterocycles. The van der Waals surface area contributed by atoms with Crippen LogP contribution in [0.1, 0.15) is 30.7 Å². The van der Waals surface area contributed by atoms with E-state index in [-0.39, 0.29) is 11.9 Å². The van der Waals surface area contributed by atoms with Crippen LogP contribution < -0.4 is 10.2 Å². The molecule has 5 nitrogen and oxygen atoms in total. The highest BCUT2D eigenvalue weighted by Crippen LogP contribution is 2.31. The average Bonchev–Trinajstić information content (AvgIpc) is 3.32. The fourth-order valence-electron chi connectivity index (χ4n) is 3.85. The molecule has 0 spiro atoms. The van der Waals surface area contributed by atoms with Gasteiger partial charge in [0.05, 0.1) is 11.4 Å². The quantitative estimate of drug-likeness (QED) is 0.915. The van der Waals surface area contributed by atoms with Crippen molar-refractivity contribution in [2.75, 3.05) is 29.9 Å². The third-order valence-corrected chi connectivity index (χ3v) is 5.26. The van der Waals surface area contributed by atoms with Crippen LogP contribution in [0.3, 0.4) is 0 Å². The molecule has 2 fully saturated rings. The number of benzene rings is 2. The Morgan fingerprint density at radius 2 is 1.77 bits per heavy atom. The molecule has 2 aromatic carbocycles. The lowest BCUT2D eigenvalue weighted by molar-refractivity contribution is -0.117. The van der Waals surface area contributed by atoms with Gasteiger partial charge in [0.25, 0.3) is 0 Å². The summed E-state index contributed by atoms with van der Waals surface area (Å²) in [4.78, 5) is 28.5. The average molecular weight is 349 g/mol. The number of urea groups is 1. The lowest BCUT2D eigenvalue weighted by Crippen LogP contribution is -2.34. The van der Waals surface area contributed by atoms with Gasteiger partial charge in [-0.3, -0.25) is 4.79 Å². The second kappa shape index (κ2) is 7.20. The molecule has 5 heteroatoms. The van der Waals surface area contributed by atoms with Crippen molar-refractivity contribution in [3.8, 4) is 0 Å².